The number of piperidine rings is 1. The number of nitrogens with one attached hydrogen (secondary N) is 1. The zero-order valence-electron chi connectivity index (χ0n) is 17.9. The second-order valence-corrected chi connectivity index (χ2v) is 9.36. The van der Waals surface area contributed by atoms with Gasteiger partial charge in [0.1, 0.15) is 0 Å². The maximum atomic E-state index is 12.6. The van der Waals surface area contributed by atoms with Crippen LogP contribution in [0.4, 0.5) is 4.79 Å². The monoisotopic (exact) mass is 424 g/mol. The van der Waals surface area contributed by atoms with Gasteiger partial charge in [-0.15, -0.1) is 0 Å². The highest BCUT2D eigenvalue weighted by Gasteiger charge is 2.29. The summed E-state index contributed by atoms with van der Waals surface area (Å²) in [7, 11) is 0. The molecule has 2 aromatic rings. The third-order valence-electron chi connectivity index (χ3n) is 7.33. The first-order chi connectivity index (χ1) is 15.1. The molecule has 5 rings (SSSR count). The number of rotatable bonds is 4. The largest absolute Gasteiger partial charge is 0.393 e. The number of amides is 2. The number of allylic oxidation sites excluding steroid dienone is 2. The molecule has 0 radical (unpaired) electrons. The predicted octanol–water partition coefficient (Wildman–Crippen LogP) is 2.09. The number of urea groups is 1. The Labute approximate surface area is 182 Å². The van der Waals surface area contributed by atoms with Gasteiger partial charge in [0.2, 0.25) is 0 Å². The third kappa shape index (κ3) is 4.08. The summed E-state index contributed by atoms with van der Waals surface area (Å²) in [6.45, 7) is 1.46. The van der Waals surface area contributed by atoms with Crippen molar-refractivity contribution in [1.82, 2.24) is 19.6 Å². The van der Waals surface area contributed by atoms with Crippen LogP contribution in [0.3, 0.4) is 0 Å². The van der Waals surface area contributed by atoms with Crippen LogP contribution in [0.15, 0.2) is 24.7 Å². The van der Waals surface area contributed by atoms with Crippen LogP contribution in [0, 0.1) is 5.92 Å². The van der Waals surface area contributed by atoms with Crippen LogP contribution >= 0.6 is 0 Å². The lowest BCUT2D eigenvalue weighted by atomic mass is 9.89. The van der Waals surface area contributed by atoms with Crippen LogP contribution in [-0.2, 0) is 6.42 Å². The lowest BCUT2D eigenvalue weighted by Crippen LogP contribution is -2.49. The van der Waals surface area contributed by atoms with Gasteiger partial charge in [-0.25, -0.2) is 9.78 Å². The third-order valence-corrected chi connectivity index (χ3v) is 7.33. The van der Waals surface area contributed by atoms with Gasteiger partial charge < -0.3 is 20.4 Å². The molecule has 3 N–H and O–H groups in total. The zero-order chi connectivity index (χ0) is 21.4. The van der Waals surface area contributed by atoms with Gasteiger partial charge in [-0.1, -0.05) is 18.2 Å². The smallest absolute Gasteiger partial charge is 0.317 e. The van der Waals surface area contributed by atoms with E-state index in [0.717, 1.165) is 69.2 Å². The number of hydrogen-bond acceptors (Lipinski definition) is 4. The van der Waals surface area contributed by atoms with Crippen LogP contribution in [0.5, 0.6) is 0 Å². The molecular weight excluding hydrogens is 392 g/mol. The Bertz CT molecular complexity index is 1010. The molecule has 0 spiro atoms. The van der Waals surface area contributed by atoms with E-state index in [0.29, 0.717) is 12.3 Å². The molecule has 0 aromatic carbocycles. The molecule has 2 fully saturated rings. The number of hydrogen-bond donors (Lipinski definition) is 3. The van der Waals surface area contributed by atoms with Crippen molar-refractivity contribution in [3.05, 3.63) is 41.2 Å². The molecule has 1 aliphatic heterocycles. The predicted molar refractivity (Wildman–Crippen MR) is 118 cm³/mol. The molecule has 2 aromatic heterocycles. The number of likely N-dealkylation sites (tertiary alicyclic amines) is 1. The molecule has 2 amide bonds. The molecule has 7 heteroatoms. The van der Waals surface area contributed by atoms with Crippen molar-refractivity contribution < 1.29 is 15.0 Å². The van der Waals surface area contributed by atoms with Crippen LogP contribution in [0.2, 0.25) is 0 Å². The average Bonchev–Trinajstić information content (AvgIpc) is 3.36. The van der Waals surface area contributed by atoms with E-state index < -0.39 is 6.10 Å². The number of aliphatic hydroxyl groups excluding tert-OH is 2. The summed E-state index contributed by atoms with van der Waals surface area (Å²) in [6, 6.07) is 0.204. The highest BCUT2D eigenvalue weighted by Crippen LogP contribution is 2.31. The van der Waals surface area contributed by atoms with E-state index in [-0.39, 0.29) is 18.2 Å². The maximum absolute atomic E-state index is 12.6. The van der Waals surface area contributed by atoms with Gasteiger partial charge in [-0.3, -0.25) is 4.40 Å². The summed E-state index contributed by atoms with van der Waals surface area (Å²) in [5.41, 5.74) is 3.25. The minimum absolute atomic E-state index is 0.0212. The molecule has 3 aliphatic rings. The Balaban J connectivity index is 1.18. The van der Waals surface area contributed by atoms with Crippen molar-refractivity contribution in [1.29, 1.82) is 0 Å². The summed E-state index contributed by atoms with van der Waals surface area (Å²) >= 11 is 0. The van der Waals surface area contributed by atoms with E-state index in [2.05, 4.69) is 28.5 Å². The number of carbonyl (C=O) groups is 1. The summed E-state index contributed by atoms with van der Waals surface area (Å²) in [6.07, 6.45) is 15.9. The van der Waals surface area contributed by atoms with E-state index >= 15 is 0 Å². The fourth-order valence-electron chi connectivity index (χ4n) is 5.52. The standard InChI is InChI=1S/C24H32N4O3/c29-18-7-5-17(6-8-18)26-24(31)27-11-9-16(10-12-27)13-22(30)23-20-4-2-1-3-19(20)21-14-25-15-28(21)23/h1-3,14-18,22,29-30H,4-13H2,(H,26,31). The molecule has 2 aliphatic carbocycles. The topological polar surface area (TPSA) is 90.1 Å². The van der Waals surface area contributed by atoms with Gasteiger partial charge in [-0.2, -0.15) is 0 Å². The van der Waals surface area contributed by atoms with Crippen molar-refractivity contribution in [3.8, 4) is 0 Å². The Morgan fingerprint density at radius 3 is 2.74 bits per heavy atom. The quantitative estimate of drug-likeness (QED) is 0.701. The van der Waals surface area contributed by atoms with Crippen LogP contribution in [-0.4, -0.2) is 55.8 Å². The molecule has 166 valence electrons. The summed E-state index contributed by atoms with van der Waals surface area (Å²) in [5, 5.41) is 25.1. The molecule has 31 heavy (non-hydrogen) atoms. The molecule has 0 bridgehead atoms. The fourth-order valence-corrected chi connectivity index (χ4v) is 5.52. The molecule has 1 unspecified atom stereocenters. The maximum Gasteiger partial charge on any atom is 0.317 e. The van der Waals surface area contributed by atoms with Crippen LogP contribution in [0.25, 0.3) is 11.6 Å². The van der Waals surface area contributed by atoms with Crippen LogP contribution < -0.4 is 10.5 Å². The number of aromatic nitrogens is 2. The van der Waals surface area contributed by atoms with Crippen molar-refractivity contribution in [2.75, 3.05) is 13.1 Å². The summed E-state index contributed by atoms with van der Waals surface area (Å²) in [5.74, 6) is 0.399. The van der Waals surface area contributed by atoms with E-state index in [4.69, 9.17) is 0 Å². The number of nitrogens with zero attached hydrogens (tertiary/aromatic N) is 3. The molecule has 7 nitrogen and oxygen atoms in total. The highest BCUT2D eigenvalue weighted by molar-refractivity contribution is 5.74. The molecular formula is C24H32N4O3. The van der Waals surface area contributed by atoms with E-state index in [1.807, 2.05) is 15.5 Å². The zero-order valence-corrected chi connectivity index (χ0v) is 17.9. The van der Waals surface area contributed by atoms with Gasteiger partial charge in [0.25, 0.3) is 0 Å². The first kappa shape index (κ1) is 20.5. The Morgan fingerprint density at radius 1 is 1.19 bits per heavy atom. The second-order valence-electron chi connectivity index (χ2n) is 9.36. The number of carbonyl (C=O) groups excluding carboxylic acids is 1. The lowest BCUT2D eigenvalue weighted by Gasteiger charge is -2.35. The van der Waals surface area contributed by atoms with Gasteiger partial charge in [0.15, 0.2) is 0 Å². The minimum atomic E-state index is -0.528. The van der Waals surface area contributed by atoms with Gasteiger partial charge in [-0.05, 0) is 62.8 Å². The lowest BCUT2D eigenvalue weighted by molar-refractivity contribution is 0.103. The van der Waals surface area contributed by atoms with Crippen molar-refractivity contribution >= 4 is 17.6 Å². The summed E-state index contributed by atoms with van der Waals surface area (Å²) < 4.78 is 2.04. The number of imidazole rings is 1. The number of fused-ring (bicyclic) bond motifs is 3. The Hall–Kier alpha value is -2.38. The SMILES string of the molecule is O=C(NC1CCC(O)CC1)N1CCC(CC(O)c2c3c(c4cncn24)=CC=CC3)CC1. The second kappa shape index (κ2) is 8.63. The van der Waals surface area contributed by atoms with Gasteiger partial charge >= 0.3 is 6.03 Å². The van der Waals surface area contributed by atoms with Gasteiger partial charge in [0, 0.05) is 24.4 Å². The van der Waals surface area contributed by atoms with E-state index in [1.165, 1.54) is 10.8 Å². The van der Waals surface area contributed by atoms with Crippen molar-refractivity contribution in [3.63, 3.8) is 0 Å². The minimum Gasteiger partial charge on any atom is -0.393 e. The average molecular weight is 425 g/mol. The molecule has 1 saturated heterocycles. The summed E-state index contributed by atoms with van der Waals surface area (Å²) in [4.78, 5) is 18.8. The van der Waals surface area contributed by atoms with E-state index in [1.54, 1.807) is 6.33 Å². The van der Waals surface area contributed by atoms with E-state index in [9.17, 15) is 15.0 Å². The fraction of sp³-hybridized carbons (Fsp3) is 0.583. The highest BCUT2D eigenvalue weighted by atomic mass is 16.3. The molecule has 3 heterocycles. The Morgan fingerprint density at radius 2 is 1.97 bits per heavy atom. The van der Waals surface area contributed by atoms with Crippen LogP contribution in [0.1, 0.15) is 62.3 Å². The Kier molecular flexibility index (Phi) is 5.71. The normalized spacial score (nSPS) is 25.3. The van der Waals surface area contributed by atoms with Gasteiger partial charge in [0.05, 0.1) is 35.9 Å². The molecule has 1 atom stereocenters. The molecule has 1 saturated carbocycles. The number of aliphatic hydroxyl groups is 2. The first-order valence-electron chi connectivity index (χ1n) is 11.6. The van der Waals surface area contributed by atoms with Crippen molar-refractivity contribution in [2.24, 2.45) is 5.92 Å². The first-order valence-corrected chi connectivity index (χ1v) is 11.6. The van der Waals surface area contributed by atoms with Crippen molar-refractivity contribution in [2.45, 2.75) is 69.6 Å².